The third-order valence-corrected chi connectivity index (χ3v) is 2.78. The van der Waals surface area contributed by atoms with Crippen molar-refractivity contribution in [3.63, 3.8) is 0 Å². The summed E-state index contributed by atoms with van der Waals surface area (Å²) in [5.41, 5.74) is 5.98. The van der Waals surface area contributed by atoms with Gasteiger partial charge in [-0.25, -0.2) is 0 Å². The van der Waals surface area contributed by atoms with E-state index in [0.29, 0.717) is 5.11 Å². The second-order valence-corrected chi connectivity index (χ2v) is 4.45. The summed E-state index contributed by atoms with van der Waals surface area (Å²) in [5, 5.41) is 7.64. The van der Waals surface area contributed by atoms with E-state index in [9.17, 15) is 0 Å². The Hall–Kier alpha value is -2.20. The van der Waals surface area contributed by atoms with Gasteiger partial charge in [0.1, 0.15) is 0 Å². The van der Waals surface area contributed by atoms with Gasteiger partial charge in [-0.15, -0.1) is 0 Å². The zero-order valence-electron chi connectivity index (χ0n) is 10.6. The number of benzene rings is 2. The molecular formula is C15H15N3S. The van der Waals surface area contributed by atoms with Gasteiger partial charge in [-0.2, -0.15) is 5.10 Å². The maximum Gasteiger partial charge on any atom is 0.191 e. The highest BCUT2D eigenvalue weighted by atomic mass is 32.1. The van der Waals surface area contributed by atoms with E-state index in [1.54, 1.807) is 6.21 Å². The number of para-hydroxylation sites is 1. The lowest BCUT2D eigenvalue weighted by molar-refractivity contribution is 1.05. The van der Waals surface area contributed by atoms with Crippen LogP contribution in [0.15, 0.2) is 59.7 Å². The quantitative estimate of drug-likeness (QED) is 0.510. The molecule has 0 aliphatic carbocycles. The average Bonchev–Trinajstić information content (AvgIpc) is 2.42. The summed E-state index contributed by atoms with van der Waals surface area (Å²) in [6.07, 6.45) is 1.76. The predicted octanol–water partition coefficient (Wildman–Crippen LogP) is 3.32. The van der Waals surface area contributed by atoms with Crippen molar-refractivity contribution in [2.45, 2.75) is 6.92 Å². The lowest BCUT2D eigenvalue weighted by Crippen LogP contribution is -2.23. The Morgan fingerprint density at radius 3 is 2.47 bits per heavy atom. The average molecular weight is 269 g/mol. The van der Waals surface area contributed by atoms with Gasteiger partial charge in [0.05, 0.1) is 6.21 Å². The van der Waals surface area contributed by atoms with E-state index < -0.39 is 0 Å². The summed E-state index contributed by atoms with van der Waals surface area (Å²) in [4.78, 5) is 0. The van der Waals surface area contributed by atoms with Crippen LogP contribution in [-0.2, 0) is 0 Å². The number of nitrogens with zero attached hydrogens (tertiary/aromatic N) is 1. The van der Waals surface area contributed by atoms with Gasteiger partial charge in [0.25, 0.3) is 0 Å². The Kier molecular flexibility index (Phi) is 4.64. The topological polar surface area (TPSA) is 36.4 Å². The summed E-state index contributed by atoms with van der Waals surface area (Å²) >= 11 is 5.15. The number of hydrogen-bond acceptors (Lipinski definition) is 2. The van der Waals surface area contributed by atoms with Crippen LogP contribution in [0.3, 0.4) is 0 Å². The first-order valence-electron chi connectivity index (χ1n) is 5.96. The molecular weight excluding hydrogens is 254 g/mol. The summed E-state index contributed by atoms with van der Waals surface area (Å²) in [6.45, 7) is 2.04. The van der Waals surface area contributed by atoms with E-state index in [-0.39, 0.29) is 0 Å². The SMILES string of the molecule is Cc1ccccc1/C=N\NC(=S)Nc1ccccc1. The highest BCUT2D eigenvalue weighted by molar-refractivity contribution is 7.80. The van der Waals surface area contributed by atoms with Crippen molar-refractivity contribution in [2.24, 2.45) is 5.10 Å². The highest BCUT2D eigenvalue weighted by Gasteiger charge is 1.95. The molecule has 4 heteroatoms. The molecule has 2 rings (SSSR count). The van der Waals surface area contributed by atoms with Gasteiger partial charge in [0.15, 0.2) is 5.11 Å². The minimum atomic E-state index is 0.469. The largest absolute Gasteiger partial charge is 0.331 e. The molecule has 0 radical (unpaired) electrons. The van der Waals surface area contributed by atoms with Crippen LogP contribution in [0.2, 0.25) is 0 Å². The van der Waals surface area contributed by atoms with Crippen LogP contribution in [0.4, 0.5) is 5.69 Å². The first kappa shape index (κ1) is 13.2. The van der Waals surface area contributed by atoms with Crippen molar-refractivity contribution < 1.29 is 0 Å². The maximum absolute atomic E-state index is 5.15. The molecule has 96 valence electrons. The molecule has 3 nitrogen and oxygen atoms in total. The van der Waals surface area contributed by atoms with E-state index in [1.807, 2.05) is 61.5 Å². The van der Waals surface area contributed by atoms with Crippen LogP contribution in [0.5, 0.6) is 0 Å². The van der Waals surface area contributed by atoms with Crippen LogP contribution < -0.4 is 10.7 Å². The molecule has 0 unspecified atom stereocenters. The van der Waals surface area contributed by atoms with Gasteiger partial charge in [0.2, 0.25) is 0 Å². The molecule has 0 fully saturated rings. The van der Waals surface area contributed by atoms with Crippen LogP contribution in [0.1, 0.15) is 11.1 Å². The van der Waals surface area contributed by atoms with Gasteiger partial charge in [0, 0.05) is 5.69 Å². The molecule has 0 aromatic heterocycles. The zero-order valence-corrected chi connectivity index (χ0v) is 11.4. The van der Waals surface area contributed by atoms with Gasteiger partial charge < -0.3 is 5.32 Å². The maximum atomic E-state index is 5.15. The van der Waals surface area contributed by atoms with Crippen molar-refractivity contribution in [1.29, 1.82) is 0 Å². The second-order valence-electron chi connectivity index (χ2n) is 4.05. The first-order chi connectivity index (χ1) is 9.25. The number of rotatable bonds is 3. The molecule has 19 heavy (non-hydrogen) atoms. The van der Waals surface area contributed by atoms with Gasteiger partial charge in [-0.1, -0.05) is 42.5 Å². The van der Waals surface area contributed by atoms with E-state index in [2.05, 4.69) is 15.8 Å². The van der Waals surface area contributed by atoms with Crippen LogP contribution >= 0.6 is 12.2 Å². The minimum absolute atomic E-state index is 0.469. The van der Waals surface area contributed by atoms with E-state index in [0.717, 1.165) is 11.3 Å². The number of aryl methyl sites for hydroxylation is 1. The third kappa shape index (κ3) is 4.19. The number of hydrazone groups is 1. The van der Waals surface area contributed by atoms with E-state index in [4.69, 9.17) is 12.2 Å². The number of hydrogen-bond donors (Lipinski definition) is 2. The van der Waals surface area contributed by atoms with Crippen molar-refractivity contribution in [3.05, 3.63) is 65.7 Å². The lowest BCUT2D eigenvalue weighted by atomic mass is 10.1. The summed E-state index contributed by atoms with van der Waals surface area (Å²) in [5.74, 6) is 0. The molecule has 0 aliphatic rings. The van der Waals surface area contributed by atoms with E-state index >= 15 is 0 Å². The molecule has 0 bridgehead atoms. The van der Waals surface area contributed by atoms with Crippen LogP contribution in [0, 0.1) is 6.92 Å². The van der Waals surface area contributed by atoms with Crippen molar-refractivity contribution >= 4 is 29.2 Å². The van der Waals surface area contributed by atoms with Crippen molar-refractivity contribution in [3.8, 4) is 0 Å². The molecule has 0 aliphatic heterocycles. The molecule has 2 aromatic rings. The Balaban J connectivity index is 1.89. The number of thiocarbonyl (C=S) groups is 1. The van der Waals surface area contributed by atoms with Crippen molar-refractivity contribution in [1.82, 2.24) is 5.43 Å². The number of anilines is 1. The van der Waals surface area contributed by atoms with Gasteiger partial charge in [-0.05, 0) is 42.4 Å². The standard InChI is InChI=1S/C15H15N3S/c1-12-7-5-6-8-13(12)11-16-18-15(19)17-14-9-3-2-4-10-14/h2-11H,1H3,(H2,17,18,19)/b16-11-. The fourth-order valence-corrected chi connectivity index (χ4v) is 1.74. The Morgan fingerprint density at radius 1 is 1.05 bits per heavy atom. The van der Waals surface area contributed by atoms with Gasteiger partial charge >= 0.3 is 0 Å². The Bertz CT molecular complexity index is 579. The molecule has 0 heterocycles. The lowest BCUT2D eigenvalue weighted by Gasteiger charge is -2.06. The normalized spacial score (nSPS) is 10.4. The zero-order chi connectivity index (χ0) is 13.5. The minimum Gasteiger partial charge on any atom is -0.331 e. The summed E-state index contributed by atoms with van der Waals surface area (Å²) < 4.78 is 0. The Labute approximate surface area is 118 Å². The predicted molar refractivity (Wildman–Crippen MR) is 84.6 cm³/mol. The van der Waals surface area contributed by atoms with Crippen LogP contribution in [0.25, 0.3) is 0 Å². The number of nitrogens with one attached hydrogen (secondary N) is 2. The first-order valence-corrected chi connectivity index (χ1v) is 6.37. The fraction of sp³-hybridized carbons (Fsp3) is 0.0667. The second kappa shape index (κ2) is 6.66. The fourth-order valence-electron chi connectivity index (χ4n) is 1.57. The molecule has 0 atom stereocenters. The molecule has 0 saturated heterocycles. The Morgan fingerprint density at radius 2 is 1.74 bits per heavy atom. The molecule has 2 aromatic carbocycles. The summed E-state index contributed by atoms with van der Waals surface area (Å²) in [7, 11) is 0. The summed E-state index contributed by atoms with van der Waals surface area (Å²) in [6, 6.07) is 17.8. The van der Waals surface area contributed by atoms with Crippen molar-refractivity contribution in [2.75, 3.05) is 5.32 Å². The van der Waals surface area contributed by atoms with E-state index in [1.165, 1.54) is 5.56 Å². The molecule has 0 saturated carbocycles. The monoisotopic (exact) mass is 269 g/mol. The van der Waals surface area contributed by atoms with Gasteiger partial charge in [-0.3, -0.25) is 5.43 Å². The highest BCUT2D eigenvalue weighted by Crippen LogP contribution is 2.05. The smallest absolute Gasteiger partial charge is 0.191 e. The molecule has 0 spiro atoms. The molecule has 0 amide bonds. The third-order valence-electron chi connectivity index (χ3n) is 2.59. The molecule has 2 N–H and O–H groups in total. The van der Waals surface area contributed by atoms with Crippen LogP contribution in [-0.4, -0.2) is 11.3 Å².